The summed E-state index contributed by atoms with van der Waals surface area (Å²) in [7, 11) is 0. The third kappa shape index (κ3) is 2.60. The Balaban J connectivity index is 1.46. The second-order valence-corrected chi connectivity index (χ2v) is 5.82. The Morgan fingerprint density at radius 3 is 2.59 bits per heavy atom. The largest absolute Gasteiger partial charge is 0.365 e. The van der Waals surface area contributed by atoms with Crippen LogP contribution in [0.5, 0.6) is 0 Å². The fraction of sp³-hybridized carbons (Fsp3) is 0.353. The van der Waals surface area contributed by atoms with Crippen molar-refractivity contribution in [1.82, 2.24) is 20.6 Å². The number of hydrogen-bond acceptors (Lipinski definition) is 5. The first-order chi connectivity index (χ1) is 10.9. The van der Waals surface area contributed by atoms with E-state index in [9.17, 15) is 0 Å². The zero-order valence-corrected chi connectivity index (χ0v) is 12.4. The molecule has 22 heavy (non-hydrogen) atoms. The lowest BCUT2D eigenvalue weighted by atomic mass is 10.1. The second kappa shape index (κ2) is 5.85. The lowest BCUT2D eigenvalue weighted by Gasteiger charge is -2.14. The van der Waals surface area contributed by atoms with E-state index in [0.29, 0.717) is 5.92 Å². The highest BCUT2D eigenvalue weighted by Gasteiger charge is 2.27. The minimum absolute atomic E-state index is 0.209. The number of hydrogen-bond donors (Lipinski definition) is 2. The normalized spacial score (nSPS) is 24.1. The third-order valence-electron chi connectivity index (χ3n) is 4.32. The number of amidine groups is 1. The van der Waals surface area contributed by atoms with Crippen molar-refractivity contribution in [2.75, 3.05) is 19.6 Å². The first kappa shape index (κ1) is 13.4. The van der Waals surface area contributed by atoms with E-state index < -0.39 is 0 Å². The molecule has 2 atom stereocenters. The Hall–Kier alpha value is -2.27. The molecule has 0 aliphatic carbocycles. The molecule has 5 nitrogen and oxygen atoms in total. The van der Waals surface area contributed by atoms with Crippen LogP contribution in [-0.4, -0.2) is 35.4 Å². The lowest BCUT2D eigenvalue weighted by Crippen LogP contribution is -2.30. The number of nitrogens with zero attached hydrogens (tertiary/aromatic N) is 3. The second-order valence-electron chi connectivity index (χ2n) is 5.82. The van der Waals surface area contributed by atoms with E-state index >= 15 is 0 Å². The van der Waals surface area contributed by atoms with Gasteiger partial charge in [0.2, 0.25) is 0 Å². The summed E-state index contributed by atoms with van der Waals surface area (Å²) in [6.45, 7) is 2.90. The molecule has 3 heterocycles. The number of benzene rings is 1. The summed E-state index contributed by atoms with van der Waals surface area (Å²) in [6.07, 6.45) is 5.00. The Kier molecular flexibility index (Phi) is 3.56. The van der Waals surface area contributed by atoms with Gasteiger partial charge in [-0.3, -0.25) is 4.99 Å². The van der Waals surface area contributed by atoms with E-state index in [1.165, 1.54) is 6.42 Å². The van der Waals surface area contributed by atoms with Crippen molar-refractivity contribution in [1.29, 1.82) is 0 Å². The molecule has 0 bridgehead atoms. The van der Waals surface area contributed by atoms with Gasteiger partial charge in [0.1, 0.15) is 5.84 Å². The maximum atomic E-state index is 4.67. The third-order valence-corrected chi connectivity index (χ3v) is 4.32. The summed E-state index contributed by atoms with van der Waals surface area (Å²) in [5.74, 6) is 2.44. The summed E-state index contributed by atoms with van der Waals surface area (Å²) in [6, 6.07) is 10.3. The molecule has 5 heteroatoms. The predicted molar refractivity (Wildman–Crippen MR) is 86.6 cm³/mol. The minimum atomic E-state index is 0.209. The Bertz CT molecular complexity index is 659. The van der Waals surface area contributed by atoms with Gasteiger partial charge in [-0.15, -0.1) is 0 Å². The van der Waals surface area contributed by atoms with E-state index in [-0.39, 0.29) is 6.04 Å². The molecular formula is C17H19N5. The topological polar surface area (TPSA) is 62.2 Å². The summed E-state index contributed by atoms with van der Waals surface area (Å²) in [4.78, 5) is 13.7. The molecule has 0 spiro atoms. The van der Waals surface area contributed by atoms with Crippen molar-refractivity contribution in [3.63, 3.8) is 0 Å². The van der Waals surface area contributed by atoms with Crippen LogP contribution < -0.4 is 10.6 Å². The van der Waals surface area contributed by atoms with E-state index in [1.807, 2.05) is 42.7 Å². The zero-order valence-electron chi connectivity index (χ0n) is 12.4. The van der Waals surface area contributed by atoms with Crippen LogP contribution in [0.3, 0.4) is 0 Å². The fourth-order valence-corrected chi connectivity index (χ4v) is 3.04. The summed E-state index contributed by atoms with van der Waals surface area (Å²) < 4.78 is 0. The van der Waals surface area contributed by atoms with Gasteiger partial charge < -0.3 is 10.6 Å². The standard InChI is InChI=1S/C17H19N5/c1-2-4-12(5-3-1)16-19-9-14(10-20-16)15-11-21-17(22-15)13-6-7-18-8-13/h1-5,9-10,13,15,18H,6-8,11H2,(H,21,22). The maximum Gasteiger partial charge on any atom is 0.159 e. The molecule has 0 radical (unpaired) electrons. The number of aliphatic imine (C=N–C) groups is 1. The molecule has 0 amide bonds. The van der Waals surface area contributed by atoms with Gasteiger partial charge >= 0.3 is 0 Å². The molecule has 2 unspecified atom stereocenters. The van der Waals surface area contributed by atoms with Crippen molar-refractivity contribution in [3.05, 3.63) is 48.3 Å². The van der Waals surface area contributed by atoms with Crippen LogP contribution in [0.4, 0.5) is 0 Å². The first-order valence-electron chi connectivity index (χ1n) is 7.79. The Morgan fingerprint density at radius 1 is 1.05 bits per heavy atom. The highest BCUT2D eigenvalue weighted by atomic mass is 15.1. The summed E-state index contributed by atoms with van der Waals surface area (Å²) in [5, 5.41) is 6.92. The van der Waals surface area contributed by atoms with Crippen LogP contribution in [0.1, 0.15) is 18.0 Å². The smallest absolute Gasteiger partial charge is 0.159 e. The molecule has 1 aromatic carbocycles. The maximum absolute atomic E-state index is 4.67. The molecule has 1 saturated heterocycles. The summed E-state index contributed by atoms with van der Waals surface area (Å²) in [5.41, 5.74) is 2.15. The van der Waals surface area contributed by atoms with Gasteiger partial charge in [0.15, 0.2) is 5.82 Å². The molecule has 1 fully saturated rings. The van der Waals surface area contributed by atoms with Crippen molar-refractivity contribution >= 4 is 5.84 Å². The average molecular weight is 293 g/mol. The molecule has 2 aromatic rings. The van der Waals surface area contributed by atoms with Gasteiger partial charge in [0.05, 0.1) is 12.6 Å². The van der Waals surface area contributed by atoms with Crippen molar-refractivity contribution in [3.8, 4) is 11.4 Å². The van der Waals surface area contributed by atoms with Crippen LogP contribution in [0, 0.1) is 5.92 Å². The van der Waals surface area contributed by atoms with Crippen LogP contribution in [0.15, 0.2) is 47.7 Å². The Morgan fingerprint density at radius 2 is 1.86 bits per heavy atom. The molecular weight excluding hydrogens is 274 g/mol. The van der Waals surface area contributed by atoms with Gasteiger partial charge in [-0.25, -0.2) is 9.97 Å². The van der Waals surface area contributed by atoms with E-state index in [0.717, 1.165) is 42.4 Å². The molecule has 2 aliphatic heterocycles. The SMILES string of the molecule is c1ccc(-c2ncc(C3CN=C(C4CCNC4)N3)cn2)cc1. The van der Waals surface area contributed by atoms with Crippen molar-refractivity contribution in [2.45, 2.75) is 12.5 Å². The van der Waals surface area contributed by atoms with Gasteiger partial charge in [-0.1, -0.05) is 30.3 Å². The van der Waals surface area contributed by atoms with Crippen LogP contribution in [0.2, 0.25) is 0 Å². The van der Waals surface area contributed by atoms with Gasteiger partial charge in [0.25, 0.3) is 0 Å². The minimum Gasteiger partial charge on any atom is -0.365 e. The van der Waals surface area contributed by atoms with E-state index in [2.05, 4.69) is 25.6 Å². The van der Waals surface area contributed by atoms with Crippen LogP contribution in [0.25, 0.3) is 11.4 Å². The monoisotopic (exact) mass is 293 g/mol. The van der Waals surface area contributed by atoms with Crippen LogP contribution >= 0.6 is 0 Å². The fourth-order valence-electron chi connectivity index (χ4n) is 3.04. The van der Waals surface area contributed by atoms with Crippen molar-refractivity contribution in [2.24, 2.45) is 10.9 Å². The number of rotatable bonds is 3. The highest BCUT2D eigenvalue weighted by Crippen LogP contribution is 2.22. The Labute approximate surface area is 129 Å². The number of nitrogens with one attached hydrogen (secondary N) is 2. The highest BCUT2D eigenvalue weighted by molar-refractivity contribution is 5.87. The summed E-state index contributed by atoms with van der Waals surface area (Å²) >= 11 is 0. The van der Waals surface area contributed by atoms with E-state index in [4.69, 9.17) is 0 Å². The van der Waals surface area contributed by atoms with E-state index in [1.54, 1.807) is 0 Å². The molecule has 112 valence electrons. The zero-order chi connectivity index (χ0) is 14.8. The molecule has 1 aromatic heterocycles. The lowest BCUT2D eigenvalue weighted by molar-refractivity contribution is 0.673. The molecule has 0 saturated carbocycles. The molecule has 4 rings (SSSR count). The van der Waals surface area contributed by atoms with Crippen molar-refractivity contribution < 1.29 is 0 Å². The number of aromatic nitrogens is 2. The quantitative estimate of drug-likeness (QED) is 0.906. The first-order valence-corrected chi connectivity index (χ1v) is 7.79. The van der Waals surface area contributed by atoms with Gasteiger partial charge in [0, 0.05) is 36.0 Å². The molecule has 2 N–H and O–H groups in total. The average Bonchev–Trinajstić information content (AvgIpc) is 3.27. The van der Waals surface area contributed by atoms with Gasteiger partial charge in [-0.05, 0) is 13.0 Å². The van der Waals surface area contributed by atoms with Gasteiger partial charge in [-0.2, -0.15) is 0 Å². The predicted octanol–water partition coefficient (Wildman–Crippen LogP) is 1.80. The molecule has 2 aliphatic rings. The van der Waals surface area contributed by atoms with Crippen LogP contribution in [-0.2, 0) is 0 Å².